The molecule has 1 N–H and O–H groups in total. The van der Waals surface area contributed by atoms with Crippen LogP contribution in [0.3, 0.4) is 0 Å². The monoisotopic (exact) mass is 442 g/mol. The Morgan fingerprint density at radius 1 is 1.07 bits per heavy atom. The van der Waals surface area contributed by atoms with Crippen molar-refractivity contribution in [1.29, 1.82) is 0 Å². The highest BCUT2D eigenvalue weighted by molar-refractivity contribution is 7.89. The minimum Gasteiger partial charge on any atom is -0.339 e. The van der Waals surface area contributed by atoms with E-state index in [2.05, 4.69) is 24.1 Å². The minimum atomic E-state index is -3.55. The normalized spacial score (nSPS) is 20.3. The van der Waals surface area contributed by atoms with E-state index in [0.717, 1.165) is 25.9 Å². The zero-order valence-electron chi connectivity index (χ0n) is 17.2. The minimum absolute atomic E-state index is 0.0869. The predicted molar refractivity (Wildman–Crippen MR) is 115 cm³/mol. The largest absolute Gasteiger partial charge is 0.339 e. The molecule has 2 fully saturated rings. The van der Waals surface area contributed by atoms with E-state index < -0.39 is 10.0 Å². The molecule has 9 heteroatoms. The van der Waals surface area contributed by atoms with Crippen LogP contribution < -0.4 is 5.32 Å². The summed E-state index contributed by atoms with van der Waals surface area (Å²) in [6.45, 7) is 8.05. The molecular formula is C20H31ClN4O3S. The molecule has 2 aliphatic rings. The molecular weight excluding hydrogens is 412 g/mol. The van der Waals surface area contributed by atoms with Crippen LogP contribution in [0.15, 0.2) is 29.2 Å². The number of piperidine rings is 1. The first-order valence-electron chi connectivity index (χ1n) is 10.3. The molecule has 2 heterocycles. The van der Waals surface area contributed by atoms with Gasteiger partial charge in [0.15, 0.2) is 0 Å². The summed E-state index contributed by atoms with van der Waals surface area (Å²) in [4.78, 5) is 16.9. The lowest BCUT2D eigenvalue weighted by atomic mass is 10.0. The summed E-state index contributed by atoms with van der Waals surface area (Å²) in [5.74, 6) is 0.0869. The first kappa shape index (κ1) is 22.5. The van der Waals surface area contributed by atoms with Crippen LogP contribution in [0, 0.1) is 0 Å². The number of rotatable bonds is 6. The second-order valence-electron chi connectivity index (χ2n) is 8.11. The van der Waals surface area contributed by atoms with Gasteiger partial charge < -0.3 is 10.2 Å². The average molecular weight is 443 g/mol. The number of likely N-dealkylation sites (tertiary alicyclic amines) is 1. The Morgan fingerprint density at radius 3 is 2.21 bits per heavy atom. The van der Waals surface area contributed by atoms with Crippen molar-refractivity contribution in [1.82, 2.24) is 19.4 Å². The third-order valence-electron chi connectivity index (χ3n) is 5.56. The SMILES string of the molecule is CC(C)NC1CCN(CC(=O)N2CCN(S(=O)(=O)c3ccc(Cl)cc3)CC2)CC1. The highest BCUT2D eigenvalue weighted by Gasteiger charge is 2.31. The Hall–Kier alpha value is -1.19. The summed E-state index contributed by atoms with van der Waals surface area (Å²) in [6, 6.07) is 7.21. The molecule has 0 atom stereocenters. The molecule has 0 saturated carbocycles. The second kappa shape index (κ2) is 9.75. The molecule has 2 saturated heterocycles. The molecule has 0 unspecified atom stereocenters. The van der Waals surface area contributed by atoms with E-state index in [1.807, 2.05) is 0 Å². The molecule has 162 valence electrons. The van der Waals surface area contributed by atoms with Crippen LogP contribution in [0.2, 0.25) is 5.02 Å². The first-order chi connectivity index (χ1) is 13.8. The lowest BCUT2D eigenvalue weighted by molar-refractivity contribution is -0.133. The fourth-order valence-electron chi connectivity index (χ4n) is 3.95. The standard InChI is InChI=1S/C20H31ClN4O3S/c1-16(2)22-18-7-9-23(10-8-18)15-20(26)24-11-13-25(14-12-24)29(27,28)19-5-3-17(21)4-6-19/h3-6,16,18,22H,7-15H2,1-2H3. The Bertz CT molecular complexity index is 784. The number of piperazine rings is 1. The smallest absolute Gasteiger partial charge is 0.243 e. The lowest BCUT2D eigenvalue weighted by Gasteiger charge is -2.37. The topological polar surface area (TPSA) is 73.0 Å². The molecule has 0 aliphatic carbocycles. The molecule has 0 aromatic heterocycles. The number of sulfonamides is 1. The lowest BCUT2D eigenvalue weighted by Crippen LogP contribution is -2.53. The van der Waals surface area contributed by atoms with Gasteiger partial charge in [0.25, 0.3) is 0 Å². The summed E-state index contributed by atoms with van der Waals surface area (Å²) >= 11 is 5.85. The highest BCUT2D eigenvalue weighted by Crippen LogP contribution is 2.20. The van der Waals surface area contributed by atoms with Gasteiger partial charge in [-0.1, -0.05) is 25.4 Å². The number of nitrogens with zero attached hydrogens (tertiary/aromatic N) is 3. The zero-order valence-corrected chi connectivity index (χ0v) is 18.8. The van der Waals surface area contributed by atoms with Gasteiger partial charge in [0, 0.05) is 56.4 Å². The quantitative estimate of drug-likeness (QED) is 0.725. The van der Waals surface area contributed by atoms with E-state index in [0.29, 0.717) is 49.8 Å². The number of carbonyl (C=O) groups is 1. The van der Waals surface area contributed by atoms with Gasteiger partial charge in [-0.25, -0.2) is 8.42 Å². The summed E-state index contributed by atoms with van der Waals surface area (Å²) in [6.07, 6.45) is 2.11. The number of carbonyl (C=O) groups excluding carboxylic acids is 1. The molecule has 7 nitrogen and oxygen atoms in total. The van der Waals surface area contributed by atoms with Crippen molar-refractivity contribution in [3.63, 3.8) is 0 Å². The molecule has 1 aromatic carbocycles. The summed E-state index contributed by atoms with van der Waals surface area (Å²) in [5, 5.41) is 4.07. The molecule has 2 aliphatic heterocycles. The molecule has 1 amide bonds. The number of hydrogen-bond donors (Lipinski definition) is 1. The first-order valence-corrected chi connectivity index (χ1v) is 12.1. The van der Waals surface area contributed by atoms with Crippen LogP contribution in [0.1, 0.15) is 26.7 Å². The summed E-state index contributed by atoms with van der Waals surface area (Å²) in [7, 11) is -3.55. The van der Waals surface area contributed by atoms with Gasteiger partial charge in [0.05, 0.1) is 11.4 Å². The van der Waals surface area contributed by atoms with Crippen LogP contribution in [0.25, 0.3) is 0 Å². The van der Waals surface area contributed by atoms with E-state index in [1.54, 1.807) is 17.0 Å². The van der Waals surface area contributed by atoms with Crippen LogP contribution in [0.5, 0.6) is 0 Å². The van der Waals surface area contributed by atoms with Crippen molar-refractivity contribution in [3.05, 3.63) is 29.3 Å². The maximum atomic E-state index is 12.8. The fourth-order valence-corrected chi connectivity index (χ4v) is 5.50. The van der Waals surface area contributed by atoms with Crippen molar-refractivity contribution >= 4 is 27.5 Å². The Labute approximate surface area is 179 Å². The number of halogens is 1. The van der Waals surface area contributed by atoms with Crippen LogP contribution >= 0.6 is 11.6 Å². The summed E-state index contributed by atoms with van der Waals surface area (Å²) < 4.78 is 27.0. The predicted octanol–water partition coefficient (Wildman–Crippen LogP) is 1.64. The van der Waals surface area contributed by atoms with E-state index in [4.69, 9.17) is 11.6 Å². The van der Waals surface area contributed by atoms with Crippen LogP contribution in [0.4, 0.5) is 0 Å². The number of hydrogen-bond acceptors (Lipinski definition) is 5. The third-order valence-corrected chi connectivity index (χ3v) is 7.72. The maximum absolute atomic E-state index is 12.8. The fraction of sp³-hybridized carbons (Fsp3) is 0.650. The maximum Gasteiger partial charge on any atom is 0.243 e. The van der Waals surface area contributed by atoms with Crippen molar-refractivity contribution in [2.75, 3.05) is 45.8 Å². The van der Waals surface area contributed by atoms with Gasteiger partial charge >= 0.3 is 0 Å². The van der Waals surface area contributed by atoms with E-state index in [-0.39, 0.29) is 10.8 Å². The zero-order chi connectivity index (χ0) is 21.0. The van der Waals surface area contributed by atoms with Gasteiger partial charge in [-0.2, -0.15) is 4.31 Å². The van der Waals surface area contributed by atoms with Crippen molar-refractivity contribution < 1.29 is 13.2 Å². The number of nitrogens with one attached hydrogen (secondary N) is 1. The Morgan fingerprint density at radius 2 is 1.66 bits per heavy atom. The van der Waals surface area contributed by atoms with Crippen molar-refractivity contribution in [3.8, 4) is 0 Å². The van der Waals surface area contributed by atoms with Crippen LogP contribution in [-0.2, 0) is 14.8 Å². The molecule has 3 rings (SSSR count). The van der Waals surface area contributed by atoms with Gasteiger partial charge in [0.2, 0.25) is 15.9 Å². The highest BCUT2D eigenvalue weighted by atomic mass is 35.5. The van der Waals surface area contributed by atoms with E-state index in [1.165, 1.54) is 16.4 Å². The third kappa shape index (κ3) is 5.92. The molecule has 0 bridgehead atoms. The second-order valence-corrected chi connectivity index (χ2v) is 10.5. The van der Waals surface area contributed by atoms with Gasteiger partial charge in [-0.05, 0) is 37.1 Å². The van der Waals surface area contributed by atoms with E-state index in [9.17, 15) is 13.2 Å². The molecule has 0 radical (unpaired) electrons. The number of benzene rings is 1. The number of amides is 1. The van der Waals surface area contributed by atoms with E-state index >= 15 is 0 Å². The summed E-state index contributed by atoms with van der Waals surface area (Å²) in [5.41, 5.74) is 0. The molecule has 0 spiro atoms. The van der Waals surface area contributed by atoms with Gasteiger partial charge in [0.1, 0.15) is 0 Å². The Balaban J connectivity index is 1.47. The van der Waals surface area contributed by atoms with Crippen LogP contribution in [-0.4, -0.2) is 86.3 Å². The van der Waals surface area contributed by atoms with Gasteiger partial charge in [-0.3, -0.25) is 9.69 Å². The molecule has 1 aromatic rings. The average Bonchev–Trinajstić information content (AvgIpc) is 2.69. The van der Waals surface area contributed by atoms with Gasteiger partial charge in [-0.15, -0.1) is 0 Å². The molecule has 29 heavy (non-hydrogen) atoms. The van der Waals surface area contributed by atoms with Crippen molar-refractivity contribution in [2.24, 2.45) is 0 Å². The van der Waals surface area contributed by atoms with Crippen molar-refractivity contribution in [2.45, 2.75) is 43.7 Å². The Kier molecular flexibility index (Phi) is 7.56.